The molecule has 3 rings (SSSR count). The maximum absolute atomic E-state index is 13.5. The summed E-state index contributed by atoms with van der Waals surface area (Å²) in [5.74, 6) is -0.646. The number of carbonyl (C=O) groups is 2. The molecule has 2 amide bonds. The Balaban J connectivity index is 1.50. The number of amides is 2. The Bertz CT molecular complexity index is 766. The van der Waals surface area contributed by atoms with Crippen molar-refractivity contribution in [2.75, 3.05) is 11.9 Å². The Labute approximate surface area is 143 Å². The van der Waals surface area contributed by atoms with E-state index in [0.29, 0.717) is 18.5 Å². The molecule has 0 saturated carbocycles. The molecule has 6 heteroatoms. The lowest BCUT2D eigenvalue weighted by Gasteiger charge is -2.23. The second-order valence-electron chi connectivity index (χ2n) is 5.49. The van der Waals surface area contributed by atoms with Gasteiger partial charge in [-0.15, -0.1) is 11.8 Å². The lowest BCUT2D eigenvalue weighted by atomic mass is 10.1. The van der Waals surface area contributed by atoms with Gasteiger partial charge in [0.25, 0.3) is 0 Å². The van der Waals surface area contributed by atoms with Crippen LogP contribution in [-0.4, -0.2) is 23.6 Å². The molecular formula is C18H17FN2O2S. The molecule has 0 spiro atoms. The van der Waals surface area contributed by atoms with E-state index in [4.69, 9.17) is 0 Å². The molecule has 0 saturated heterocycles. The maximum Gasteiger partial charge on any atom is 0.238 e. The third kappa shape index (κ3) is 3.94. The first kappa shape index (κ1) is 16.5. The fourth-order valence-electron chi connectivity index (χ4n) is 2.51. The molecule has 2 aromatic rings. The monoisotopic (exact) mass is 344 g/mol. The van der Waals surface area contributed by atoms with Crippen LogP contribution in [0, 0.1) is 5.82 Å². The highest BCUT2D eigenvalue weighted by Crippen LogP contribution is 2.36. The minimum absolute atomic E-state index is 0.0993. The molecular weight excluding hydrogens is 327 g/mol. The predicted octanol–water partition coefficient (Wildman–Crippen LogP) is 2.99. The van der Waals surface area contributed by atoms with Crippen molar-refractivity contribution in [3.05, 3.63) is 59.9 Å². The average molecular weight is 344 g/mol. The van der Waals surface area contributed by atoms with Gasteiger partial charge in [0.05, 0.1) is 10.9 Å². The molecule has 2 N–H and O–H groups in total. The van der Waals surface area contributed by atoms with Crippen LogP contribution in [0.5, 0.6) is 0 Å². The van der Waals surface area contributed by atoms with Crippen molar-refractivity contribution in [1.82, 2.24) is 5.32 Å². The zero-order chi connectivity index (χ0) is 16.9. The molecule has 1 aliphatic rings. The summed E-state index contributed by atoms with van der Waals surface area (Å²) in [4.78, 5) is 25.1. The number of thioether (sulfide) groups is 1. The second-order valence-corrected chi connectivity index (χ2v) is 6.73. The van der Waals surface area contributed by atoms with E-state index in [1.165, 1.54) is 17.8 Å². The number of rotatable bonds is 5. The van der Waals surface area contributed by atoms with Crippen molar-refractivity contribution in [2.45, 2.75) is 23.0 Å². The van der Waals surface area contributed by atoms with Crippen LogP contribution in [0.4, 0.5) is 10.1 Å². The van der Waals surface area contributed by atoms with Gasteiger partial charge in [0.1, 0.15) is 5.82 Å². The number of hydrogen-bond donors (Lipinski definition) is 2. The first-order chi connectivity index (χ1) is 11.6. The number of anilines is 1. The minimum Gasteiger partial charge on any atom is -0.356 e. The van der Waals surface area contributed by atoms with Crippen LogP contribution in [0.1, 0.15) is 12.0 Å². The molecule has 1 aliphatic heterocycles. The van der Waals surface area contributed by atoms with E-state index in [2.05, 4.69) is 10.6 Å². The molecule has 1 heterocycles. The van der Waals surface area contributed by atoms with Gasteiger partial charge >= 0.3 is 0 Å². The quantitative estimate of drug-likeness (QED) is 0.877. The standard InChI is InChI=1S/C18H17FN2O2S/c19-13-6-2-1-5-12(13)9-10-20-17(22)11-16-18(23)21-14-7-3-4-8-15(14)24-16/h1-8,16H,9-11H2,(H,20,22)(H,21,23). The average Bonchev–Trinajstić information content (AvgIpc) is 2.57. The third-order valence-electron chi connectivity index (χ3n) is 3.75. The van der Waals surface area contributed by atoms with Gasteiger partial charge in [-0.25, -0.2) is 4.39 Å². The fraction of sp³-hybridized carbons (Fsp3) is 0.222. The van der Waals surface area contributed by atoms with Crippen molar-refractivity contribution in [3.63, 3.8) is 0 Å². The smallest absolute Gasteiger partial charge is 0.238 e. The Kier molecular flexibility index (Phi) is 5.15. The van der Waals surface area contributed by atoms with Crippen LogP contribution in [0.3, 0.4) is 0 Å². The molecule has 0 radical (unpaired) electrons. The molecule has 24 heavy (non-hydrogen) atoms. The highest BCUT2D eigenvalue weighted by atomic mass is 32.2. The van der Waals surface area contributed by atoms with Crippen LogP contribution in [0.2, 0.25) is 0 Å². The number of fused-ring (bicyclic) bond motifs is 1. The zero-order valence-corrected chi connectivity index (χ0v) is 13.7. The first-order valence-electron chi connectivity index (χ1n) is 7.70. The molecule has 0 aromatic heterocycles. The lowest BCUT2D eigenvalue weighted by molar-refractivity contribution is -0.124. The number of hydrogen-bond acceptors (Lipinski definition) is 3. The summed E-state index contributed by atoms with van der Waals surface area (Å²) in [7, 11) is 0. The van der Waals surface area contributed by atoms with E-state index in [0.717, 1.165) is 10.6 Å². The van der Waals surface area contributed by atoms with E-state index >= 15 is 0 Å². The van der Waals surface area contributed by atoms with Crippen LogP contribution in [0.25, 0.3) is 0 Å². The molecule has 1 unspecified atom stereocenters. The number of para-hydroxylation sites is 1. The SMILES string of the molecule is O=C(CC1Sc2ccccc2NC1=O)NCCc1ccccc1F. The van der Waals surface area contributed by atoms with E-state index in [9.17, 15) is 14.0 Å². The summed E-state index contributed by atoms with van der Waals surface area (Å²) in [5, 5.41) is 5.12. The molecule has 4 nitrogen and oxygen atoms in total. The normalized spacial score (nSPS) is 16.2. The topological polar surface area (TPSA) is 58.2 Å². The highest BCUT2D eigenvalue weighted by Gasteiger charge is 2.28. The van der Waals surface area contributed by atoms with Crippen LogP contribution in [-0.2, 0) is 16.0 Å². The summed E-state index contributed by atoms with van der Waals surface area (Å²) in [6.45, 7) is 0.343. The third-order valence-corrected chi connectivity index (χ3v) is 5.03. The molecule has 1 atom stereocenters. The number of nitrogens with one attached hydrogen (secondary N) is 2. The van der Waals surface area contributed by atoms with Gasteiger partial charge in [-0.2, -0.15) is 0 Å². The Morgan fingerprint density at radius 3 is 2.75 bits per heavy atom. The summed E-state index contributed by atoms with van der Waals surface area (Å²) in [6, 6.07) is 14.0. The van der Waals surface area contributed by atoms with E-state index < -0.39 is 5.25 Å². The highest BCUT2D eigenvalue weighted by molar-refractivity contribution is 8.01. The number of benzene rings is 2. The second kappa shape index (κ2) is 7.49. The molecule has 0 bridgehead atoms. The van der Waals surface area contributed by atoms with Gasteiger partial charge in [-0.3, -0.25) is 9.59 Å². The Morgan fingerprint density at radius 1 is 1.17 bits per heavy atom. The molecule has 2 aromatic carbocycles. The van der Waals surface area contributed by atoms with Gasteiger partial charge in [0, 0.05) is 17.9 Å². The van der Waals surface area contributed by atoms with Crippen molar-refractivity contribution in [3.8, 4) is 0 Å². The number of halogens is 1. The van der Waals surface area contributed by atoms with Gasteiger partial charge in [0.2, 0.25) is 11.8 Å². The van der Waals surface area contributed by atoms with E-state index in [1.54, 1.807) is 18.2 Å². The predicted molar refractivity (Wildman–Crippen MR) is 92.4 cm³/mol. The summed E-state index contributed by atoms with van der Waals surface area (Å²) in [5.41, 5.74) is 1.35. The van der Waals surface area contributed by atoms with Gasteiger partial charge in [-0.05, 0) is 30.2 Å². The van der Waals surface area contributed by atoms with Crippen molar-refractivity contribution in [1.29, 1.82) is 0 Å². The Morgan fingerprint density at radius 2 is 1.92 bits per heavy atom. The molecule has 0 aliphatic carbocycles. The van der Waals surface area contributed by atoms with Crippen molar-refractivity contribution < 1.29 is 14.0 Å². The number of carbonyl (C=O) groups excluding carboxylic acids is 2. The first-order valence-corrected chi connectivity index (χ1v) is 8.58. The maximum atomic E-state index is 13.5. The van der Waals surface area contributed by atoms with Crippen LogP contribution in [0.15, 0.2) is 53.4 Å². The van der Waals surface area contributed by atoms with Crippen LogP contribution >= 0.6 is 11.8 Å². The zero-order valence-electron chi connectivity index (χ0n) is 12.9. The summed E-state index contributed by atoms with van der Waals surface area (Å²) >= 11 is 1.39. The van der Waals surface area contributed by atoms with Crippen molar-refractivity contribution >= 4 is 29.3 Å². The summed E-state index contributed by atoms with van der Waals surface area (Å²) in [6.07, 6.45) is 0.521. The molecule has 124 valence electrons. The summed E-state index contributed by atoms with van der Waals surface area (Å²) < 4.78 is 13.5. The van der Waals surface area contributed by atoms with Crippen LogP contribution < -0.4 is 10.6 Å². The fourth-order valence-corrected chi connectivity index (χ4v) is 3.62. The van der Waals surface area contributed by atoms with E-state index in [1.807, 2.05) is 24.3 Å². The van der Waals surface area contributed by atoms with Gasteiger partial charge < -0.3 is 10.6 Å². The van der Waals surface area contributed by atoms with Gasteiger partial charge in [-0.1, -0.05) is 30.3 Å². The molecule has 0 fully saturated rings. The largest absolute Gasteiger partial charge is 0.356 e. The van der Waals surface area contributed by atoms with E-state index in [-0.39, 0.29) is 24.1 Å². The van der Waals surface area contributed by atoms with Gasteiger partial charge in [0.15, 0.2) is 0 Å². The minimum atomic E-state index is -0.451. The van der Waals surface area contributed by atoms with Crippen molar-refractivity contribution in [2.24, 2.45) is 0 Å². The lowest BCUT2D eigenvalue weighted by Crippen LogP contribution is -2.35. The Hall–Kier alpha value is -2.34.